The number of benzene rings is 3. The molecule has 0 heterocycles. The number of nitrogens with two attached hydrogens (primary N) is 1. The number of halogens is 1. The molecule has 0 fully saturated rings. The molecule has 0 unspecified atom stereocenters. The molecule has 4 rings (SSSR count). The Labute approximate surface area is 250 Å². The van der Waals surface area contributed by atoms with Crippen molar-refractivity contribution in [3.63, 3.8) is 0 Å². The molecular formula is C32H42ClN3O4S. The first-order chi connectivity index (χ1) is 19.2. The van der Waals surface area contributed by atoms with Crippen LogP contribution in [0.5, 0.6) is 0 Å². The molecule has 3 aromatic carbocycles. The number of aryl methyl sites for hydroxylation is 1. The van der Waals surface area contributed by atoms with E-state index in [1.165, 1.54) is 22.3 Å². The monoisotopic (exact) mass is 599 g/mol. The summed E-state index contributed by atoms with van der Waals surface area (Å²) in [6.45, 7) is 7.29. The fraction of sp³-hybridized carbons (Fsp3) is 0.406. The van der Waals surface area contributed by atoms with Crippen molar-refractivity contribution in [2.24, 2.45) is 11.7 Å². The molecule has 3 N–H and O–H groups in total. The average Bonchev–Trinajstić information content (AvgIpc) is 3.26. The van der Waals surface area contributed by atoms with Crippen LogP contribution in [0.1, 0.15) is 55.7 Å². The second-order valence-electron chi connectivity index (χ2n) is 10.9. The highest BCUT2D eigenvalue weighted by Crippen LogP contribution is 2.44. The Balaban J connectivity index is 0.00000462. The number of nitrogens with zero attached hydrogens (tertiary/aromatic N) is 1. The van der Waals surface area contributed by atoms with Gasteiger partial charge in [-0.05, 0) is 60.1 Å². The molecule has 222 valence electrons. The first-order valence-electron chi connectivity index (χ1n) is 14.1. The number of unbranched alkanes of at least 4 members (excludes halogenated alkanes) is 1. The van der Waals surface area contributed by atoms with Crippen LogP contribution in [0.3, 0.4) is 0 Å². The zero-order valence-electron chi connectivity index (χ0n) is 24.1. The smallest absolute Gasteiger partial charge is 0.407 e. The molecule has 9 heteroatoms. The van der Waals surface area contributed by atoms with Crippen LogP contribution >= 0.6 is 12.4 Å². The molecule has 0 aromatic heterocycles. The quantitative estimate of drug-likeness (QED) is 0.231. The van der Waals surface area contributed by atoms with Gasteiger partial charge in [-0.25, -0.2) is 13.2 Å². The summed E-state index contributed by atoms with van der Waals surface area (Å²) in [6, 6.07) is 23.1. The minimum Gasteiger partial charge on any atom is -0.449 e. The molecule has 0 bridgehead atoms. The Morgan fingerprint density at radius 3 is 2.10 bits per heavy atom. The number of hydrogen-bond acceptors (Lipinski definition) is 5. The number of sulfonamides is 1. The third kappa shape index (κ3) is 7.89. The van der Waals surface area contributed by atoms with E-state index in [1.54, 1.807) is 16.4 Å². The van der Waals surface area contributed by atoms with Gasteiger partial charge in [0.1, 0.15) is 6.61 Å². The maximum atomic E-state index is 13.5. The zero-order chi connectivity index (χ0) is 28.7. The number of alkyl carbamates (subject to hydrolysis) is 1. The predicted octanol–water partition coefficient (Wildman–Crippen LogP) is 6.10. The Morgan fingerprint density at radius 2 is 1.54 bits per heavy atom. The molecule has 1 amide bonds. The third-order valence-electron chi connectivity index (χ3n) is 7.43. The van der Waals surface area contributed by atoms with Crippen LogP contribution in [0.25, 0.3) is 11.1 Å². The van der Waals surface area contributed by atoms with Crippen molar-refractivity contribution < 1.29 is 17.9 Å². The number of amides is 1. The lowest BCUT2D eigenvalue weighted by atomic mass is 9.98. The minimum absolute atomic E-state index is 0. The highest BCUT2D eigenvalue weighted by atomic mass is 35.5. The molecule has 0 radical (unpaired) electrons. The van der Waals surface area contributed by atoms with Crippen molar-refractivity contribution in [1.29, 1.82) is 0 Å². The predicted molar refractivity (Wildman–Crippen MR) is 167 cm³/mol. The summed E-state index contributed by atoms with van der Waals surface area (Å²) in [5.41, 5.74) is 11.8. The van der Waals surface area contributed by atoms with E-state index in [0.717, 1.165) is 12.0 Å². The lowest BCUT2D eigenvalue weighted by Crippen LogP contribution is -2.46. The van der Waals surface area contributed by atoms with Crippen LogP contribution in [0.2, 0.25) is 0 Å². The first kappa shape index (κ1) is 32.6. The van der Waals surface area contributed by atoms with E-state index in [-0.39, 0.29) is 48.3 Å². The summed E-state index contributed by atoms with van der Waals surface area (Å²) in [7, 11) is -3.67. The molecule has 0 aliphatic heterocycles. The normalized spacial score (nSPS) is 13.4. The fourth-order valence-electron chi connectivity index (χ4n) is 5.37. The number of nitrogens with one attached hydrogen (secondary N) is 1. The van der Waals surface area contributed by atoms with E-state index in [2.05, 4.69) is 29.6 Å². The summed E-state index contributed by atoms with van der Waals surface area (Å²) in [5, 5.41) is 2.84. The summed E-state index contributed by atoms with van der Waals surface area (Å²) in [6.07, 6.45) is 1.59. The van der Waals surface area contributed by atoms with Gasteiger partial charge < -0.3 is 15.8 Å². The SMILES string of the molecule is Cc1ccc(S(=O)(=O)N(CC(C)C)[C@H](CN)CCCCNC(=O)OCC2c3ccccc3-c3ccccc32)cc1.Cl. The van der Waals surface area contributed by atoms with E-state index in [9.17, 15) is 13.2 Å². The number of ether oxygens (including phenoxy) is 1. The molecule has 1 aliphatic rings. The van der Waals surface area contributed by atoms with Crippen LogP contribution in [0.4, 0.5) is 4.79 Å². The largest absolute Gasteiger partial charge is 0.449 e. The van der Waals surface area contributed by atoms with E-state index >= 15 is 0 Å². The molecule has 7 nitrogen and oxygen atoms in total. The molecule has 41 heavy (non-hydrogen) atoms. The molecular weight excluding hydrogens is 558 g/mol. The van der Waals surface area contributed by atoms with Crippen molar-refractivity contribution in [1.82, 2.24) is 9.62 Å². The highest BCUT2D eigenvalue weighted by Gasteiger charge is 2.31. The maximum Gasteiger partial charge on any atom is 0.407 e. The lowest BCUT2D eigenvalue weighted by Gasteiger charge is -2.31. The van der Waals surface area contributed by atoms with Crippen molar-refractivity contribution >= 4 is 28.5 Å². The second kappa shape index (κ2) is 14.8. The molecule has 0 saturated carbocycles. The van der Waals surface area contributed by atoms with Gasteiger partial charge in [0.15, 0.2) is 0 Å². The summed E-state index contributed by atoms with van der Waals surface area (Å²) in [5.74, 6) is 0.176. The average molecular weight is 600 g/mol. The number of carbonyl (C=O) groups is 1. The molecule has 1 atom stereocenters. The van der Waals surface area contributed by atoms with Gasteiger partial charge in [-0.15, -0.1) is 12.4 Å². The maximum absolute atomic E-state index is 13.5. The van der Waals surface area contributed by atoms with Crippen LogP contribution in [-0.2, 0) is 14.8 Å². The van der Waals surface area contributed by atoms with E-state index in [0.29, 0.717) is 25.9 Å². The van der Waals surface area contributed by atoms with Gasteiger partial charge in [0.2, 0.25) is 10.0 Å². The first-order valence-corrected chi connectivity index (χ1v) is 15.5. The summed E-state index contributed by atoms with van der Waals surface area (Å²) in [4.78, 5) is 12.8. The molecule has 0 saturated heterocycles. The topological polar surface area (TPSA) is 102 Å². The molecule has 3 aromatic rings. The van der Waals surface area contributed by atoms with Crippen LogP contribution in [0.15, 0.2) is 77.7 Å². The van der Waals surface area contributed by atoms with Crippen molar-refractivity contribution in [2.45, 2.75) is 56.9 Å². The van der Waals surface area contributed by atoms with Gasteiger partial charge in [0.05, 0.1) is 4.90 Å². The summed E-state index contributed by atoms with van der Waals surface area (Å²) < 4.78 is 34.2. The van der Waals surface area contributed by atoms with Gasteiger partial charge in [0.25, 0.3) is 0 Å². The Kier molecular flexibility index (Phi) is 11.8. The van der Waals surface area contributed by atoms with Crippen molar-refractivity contribution in [3.05, 3.63) is 89.5 Å². The van der Waals surface area contributed by atoms with Gasteiger partial charge in [0, 0.05) is 31.6 Å². The van der Waals surface area contributed by atoms with Crippen molar-refractivity contribution in [2.75, 3.05) is 26.2 Å². The van der Waals surface area contributed by atoms with Gasteiger partial charge >= 0.3 is 6.09 Å². The fourth-order valence-corrected chi connectivity index (χ4v) is 7.20. The van der Waals surface area contributed by atoms with E-state index < -0.39 is 16.1 Å². The summed E-state index contributed by atoms with van der Waals surface area (Å²) >= 11 is 0. The van der Waals surface area contributed by atoms with Gasteiger partial charge in [-0.3, -0.25) is 0 Å². The van der Waals surface area contributed by atoms with E-state index in [4.69, 9.17) is 10.5 Å². The lowest BCUT2D eigenvalue weighted by molar-refractivity contribution is 0.143. The Bertz CT molecular complexity index is 1350. The Morgan fingerprint density at radius 1 is 0.951 bits per heavy atom. The standard InChI is InChI=1S/C32H41N3O4S.ClH/c1-23(2)21-35(40(37,38)26-17-15-24(3)16-18-26)25(20-33)10-8-9-19-34-32(36)39-22-31-29-13-6-4-11-27(29)28-12-5-7-14-30(28)31;/h4-7,11-18,23,25,31H,8-10,19-22,33H2,1-3H3,(H,34,36);1H/t25-;/m0./s1. The van der Waals surface area contributed by atoms with Gasteiger partial charge in [-0.1, -0.05) is 86.5 Å². The minimum atomic E-state index is -3.67. The number of carbonyl (C=O) groups excluding carboxylic acids is 1. The van der Waals surface area contributed by atoms with Crippen LogP contribution in [-0.4, -0.2) is 51.1 Å². The van der Waals surface area contributed by atoms with E-state index in [1.807, 2.05) is 57.2 Å². The van der Waals surface area contributed by atoms with Crippen LogP contribution in [0, 0.1) is 12.8 Å². The molecule has 0 spiro atoms. The Hall–Kier alpha value is -2.91. The highest BCUT2D eigenvalue weighted by molar-refractivity contribution is 7.89. The second-order valence-corrected chi connectivity index (χ2v) is 12.8. The number of rotatable bonds is 13. The third-order valence-corrected chi connectivity index (χ3v) is 9.36. The van der Waals surface area contributed by atoms with Crippen molar-refractivity contribution in [3.8, 4) is 11.1 Å². The van der Waals surface area contributed by atoms with Crippen LogP contribution < -0.4 is 11.1 Å². The zero-order valence-corrected chi connectivity index (χ0v) is 25.7. The molecule has 1 aliphatic carbocycles. The number of fused-ring (bicyclic) bond motifs is 3. The number of hydrogen-bond donors (Lipinski definition) is 2. The van der Waals surface area contributed by atoms with Gasteiger partial charge in [-0.2, -0.15) is 4.31 Å².